The Bertz CT molecular complexity index is 478. The maximum Gasteiger partial charge on any atom is 0.148 e. The number of aryl methyl sites for hydroxylation is 1. The number of carbonyl (C=O) groups is 2. The van der Waals surface area contributed by atoms with Gasteiger partial charge in [-0.1, -0.05) is 13.0 Å². The SMILES string of the molecule is Cc1ccc(ON)cc1C1C(=O)CC(C)CC1=O. The summed E-state index contributed by atoms with van der Waals surface area (Å²) in [5.41, 5.74) is 1.64. The molecule has 96 valence electrons. The van der Waals surface area contributed by atoms with Crippen LogP contribution in [0.4, 0.5) is 0 Å². The molecule has 1 aliphatic rings. The van der Waals surface area contributed by atoms with E-state index in [-0.39, 0.29) is 17.5 Å². The van der Waals surface area contributed by atoms with E-state index < -0.39 is 5.92 Å². The Hall–Kier alpha value is -1.68. The number of hydrogen-bond donors (Lipinski definition) is 1. The molecular formula is C14H17NO3. The molecule has 1 aliphatic carbocycles. The standard InChI is InChI=1S/C14H17NO3/c1-8-5-12(16)14(13(17)6-8)11-7-10(18-15)4-3-9(11)2/h3-4,7-8,14H,5-6,15H2,1-2H3. The zero-order chi connectivity index (χ0) is 13.3. The number of nitrogens with two attached hydrogens (primary N) is 1. The van der Waals surface area contributed by atoms with Crippen LogP contribution in [-0.4, -0.2) is 11.6 Å². The van der Waals surface area contributed by atoms with Crippen molar-refractivity contribution < 1.29 is 14.4 Å². The zero-order valence-corrected chi connectivity index (χ0v) is 10.6. The lowest BCUT2D eigenvalue weighted by Gasteiger charge is -2.25. The van der Waals surface area contributed by atoms with Crippen molar-refractivity contribution >= 4 is 11.6 Å². The van der Waals surface area contributed by atoms with Crippen LogP contribution >= 0.6 is 0 Å². The molecule has 0 saturated heterocycles. The van der Waals surface area contributed by atoms with Crippen LogP contribution in [0.2, 0.25) is 0 Å². The maximum atomic E-state index is 12.1. The first-order chi connectivity index (χ1) is 8.52. The van der Waals surface area contributed by atoms with Gasteiger partial charge in [0.15, 0.2) is 0 Å². The fourth-order valence-electron chi connectivity index (χ4n) is 2.52. The van der Waals surface area contributed by atoms with Crippen LogP contribution in [0.15, 0.2) is 18.2 Å². The van der Waals surface area contributed by atoms with E-state index >= 15 is 0 Å². The molecule has 2 N–H and O–H groups in total. The first kappa shape index (κ1) is 12.8. The summed E-state index contributed by atoms with van der Waals surface area (Å²) in [5.74, 6) is 5.09. The highest BCUT2D eigenvalue weighted by Gasteiger charge is 2.35. The maximum absolute atomic E-state index is 12.1. The summed E-state index contributed by atoms with van der Waals surface area (Å²) in [5, 5.41) is 0. The minimum absolute atomic E-state index is 0.00368. The van der Waals surface area contributed by atoms with Crippen LogP contribution in [-0.2, 0) is 9.59 Å². The smallest absolute Gasteiger partial charge is 0.148 e. The molecule has 0 spiro atoms. The van der Waals surface area contributed by atoms with E-state index in [9.17, 15) is 9.59 Å². The predicted octanol–water partition coefficient (Wildman–Crippen LogP) is 1.90. The first-order valence-electron chi connectivity index (χ1n) is 6.05. The van der Waals surface area contributed by atoms with E-state index in [2.05, 4.69) is 4.84 Å². The molecule has 18 heavy (non-hydrogen) atoms. The monoisotopic (exact) mass is 247 g/mol. The van der Waals surface area contributed by atoms with Crippen molar-refractivity contribution in [2.75, 3.05) is 0 Å². The van der Waals surface area contributed by atoms with Gasteiger partial charge in [0.05, 0.1) is 0 Å². The number of rotatable bonds is 2. The van der Waals surface area contributed by atoms with Crippen molar-refractivity contribution in [2.24, 2.45) is 11.8 Å². The Labute approximate surface area is 106 Å². The molecule has 1 saturated carbocycles. The largest absolute Gasteiger partial charge is 0.412 e. The van der Waals surface area contributed by atoms with Gasteiger partial charge in [-0.25, -0.2) is 0 Å². The molecule has 0 unspecified atom stereocenters. The first-order valence-corrected chi connectivity index (χ1v) is 6.05. The third-order valence-electron chi connectivity index (χ3n) is 3.44. The van der Waals surface area contributed by atoms with Gasteiger partial charge in [0.25, 0.3) is 0 Å². The fraction of sp³-hybridized carbons (Fsp3) is 0.429. The molecule has 1 aromatic carbocycles. The summed E-state index contributed by atoms with van der Waals surface area (Å²) in [6.45, 7) is 3.81. The molecule has 0 aromatic heterocycles. The third-order valence-corrected chi connectivity index (χ3v) is 3.44. The average molecular weight is 247 g/mol. The minimum Gasteiger partial charge on any atom is -0.412 e. The van der Waals surface area contributed by atoms with Crippen molar-refractivity contribution in [3.63, 3.8) is 0 Å². The molecule has 0 amide bonds. The van der Waals surface area contributed by atoms with Gasteiger partial charge in [0.1, 0.15) is 23.2 Å². The van der Waals surface area contributed by atoms with Gasteiger partial charge in [-0.05, 0) is 36.1 Å². The minimum atomic E-state index is -0.642. The Morgan fingerprint density at radius 2 is 1.83 bits per heavy atom. The Morgan fingerprint density at radius 3 is 2.39 bits per heavy atom. The Balaban J connectivity index is 2.41. The summed E-state index contributed by atoms with van der Waals surface area (Å²) in [7, 11) is 0. The molecule has 0 heterocycles. The number of carbonyl (C=O) groups excluding carboxylic acids is 2. The summed E-state index contributed by atoms with van der Waals surface area (Å²) in [6, 6.07) is 5.22. The Morgan fingerprint density at radius 1 is 1.22 bits per heavy atom. The Kier molecular flexibility index (Phi) is 3.48. The molecule has 0 bridgehead atoms. The quantitative estimate of drug-likeness (QED) is 0.640. The number of hydrogen-bond acceptors (Lipinski definition) is 4. The lowest BCUT2D eigenvalue weighted by Crippen LogP contribution is -2.31. The lowest BCUT2D eigenvalue weighted by molar-refractivity contribution is -0.133. The molecule has 1 fully saturated rings. The molecule has 1 aromatic rings. The number of Topliss-reactive ketones (excluding diaryl/α,β-unsaturated/α-hetero) is 2. The van der Waals surface area contributed by atoms with Crippen molar-refractivity contribution in [3.05, 3.63) is 29.3 Å². The van der Waals surface area contributed by atoms with Gasteiger partial charge in [0, 0.05) is 12.8 Å². The van der Waals surface area contributed by atoms with E-state index in [0.29, 0.717) is 18.6 Å². The van der Waals surface area contributed by atoms with E-state index in [1.54, 1.807) is 12.1 Å². The van der Waals surface area contributed by atoms with Crippen LogP contribution in [0.25, 0.3) is 0 Å². The van der Waals surface area contributed by atoms with E-state index in [1.807, 2.05) is 19.9 Å². The van der Waals surface area contributed by atoms with Crippen molar-refractivity contribution in [1.29, 1.82) is 0 Å². The average Bonchev–Trinajstić information content (AvgIpc) is 2.30. The molecule has 0 atom stereocenters. The van der Waals surface area contributed by atoms with Crippen LogP contribution in [0.1, 0.15) is 36.8 Å². The third kappa shape index (κ3) is 2.29. The van der Waals surface area contributed by atoms with Crippen molar-refractivity contribution in [1.82, 2.24) is 0 Å². The van der Waals surface area contributed by atoms with Crippen LogP contribution in [0.3, 0.4) is 0 Å². The molecule has 4 heteroatoms. The molecule has 0 radical (unpaired) electrons. The van der Waals surface area contributed by atoms with E-state index in [0.717, 1.165) is 11.1 Å². The number of benzene rings is 1. The summed E-state index contributed by atoms with van der Waals surface area (Å²) < 4.78 is 0. The summed E-state index contributed by atoms with van der Waals surface area (Å²) in [6.07, 6.45) is 0.924. The summed E-state index contributed by atoms with van der Waals surface area (Å²) >= 11 is 0. The summed E-state index contributed by atoms with van der Waals surface area (Å²) in [4.78, 5) is 28.8. The van der Waals surface area contributed by atoms with Gasteiger partial charge in [0.2, 0.25) is 0 Å². The molecule has 4 nitrogen and oxygen atoms in total. The van der Waals surface area contributed by atoms with Crippen molar-refractivity contribution in [3.8, 4) is 5.75 Å². The van der Waals surface area contributed by atoms with Crippen LogP contribution in [0.5, 0.6) is 5.75 Å². The fourth-order valence-corrected chi connectivity index (χ4v) is 2.52. The highest BCUT2D eigenvalue weighted by atomic mass is 16.6. The number of ketones is 2. The molecular weight excluding hydrogens is 230 g/mol. The normalized spacial score (nSPS) is 24.2. The van der Waals surface area contributed by atoms with Gasteiger partial charge in [-0.15, -0.1) is 0 Å². The van der Waals surface area contributed by atoms with Gasteiger partial charge in [-0.3, -0.25) is 9.59 Å². The van der Waals surface area contributed by atoms with E-state index in [4.69, 9.17) is 5.90 Å². The van der Waals surface area contributed by atoms with Gasteiger partial charge < -0.3 is 4.84 Å². The zero-order valence-electron chi connectivity index (χ0n) is 10.6. The van der Waals surface area contributed by atoms with Crippen molar-refractivity contribution in [2.45, 2.75) is 32.6 Å². The van der Waals surface area contributed by atoms with Crippen LogP contribution < -0.4 is 10.7 Å². The second-order valence-electron chi connectivity index (χ2n) is 5.02. The predicted molar refractivity (Wildman–Crippen MR) is 67.1 cm³/mol. The van der Waals surface area contributed by atoms with Gasteiger partial charge >= 0.3 is 0 Å². The topological polar surface area (TPSA) is 69.4 Å². The van der Waals surface area contributed by atoms with E-state index in [1.165, 1.54) is 0 Å². The second-order valence-corrected chi connectivity index (χ2v) is 5.02. The molecule has 0 aliphatic heterocycles. The second kappa shape index (κ2) is 4.90. The highest BCUT2D eigenvalue weighted by molar-refractivity contribution is 6.09. The molecule has 2 rings (SSSR count). The van der Waals surface area contributed by atoms with Crippen LogP contribution in [0, 0.1) is 12.8 Å². The lowest BCUT2D eigenvalue weighted by atomic mass is 9.76. The highest BCUT2D eigenvalue weighted by Crippen LogP contribution is 2.33. The van der Waals surface area contributed by atoms with Gasteiger partial charge in [-0.2, -0.15) is 5.90 Å².